The van der Waals surface area contributed by atoms with Crippen LogP contribution in [-0.2, 0) is 0 Å². The average molecular weight is 284 g/mol. The second kappa shape index (κ2) is 5.32. The number of hydrogen-bond acceptors (Lipinski definition) is 5. The molecule has 1 aliphatic rings. The molecular formula is C11H14ClN5S. The van der Waals surface area contributed by atoms with Crippen LogP contribution < -0.4 is 5.32 Å². The monoisotopic (exact) mass is 283 g/mol. The Bertz CT molecular complexity index is 537. The molecule has 0 bridgehead atoms. The van der Waals surface area contributed by atoms with Crippen molar-refractivity contribution in [1.82, 2.24) is 20.2 Å². The minimum atomic E-state index is 0.241. The van der Waals surface area contributed by atoms with Crippen LogP contribution in [0.2, 0.25) is 5.28 Å². The Morgan fingerprint density at radius 3 is 3.22 bits per heavy atom. The maximum atomic E-state index is 5.89. The van der Waals surface area contributed by atoms with E-state index in [9.17, 15) is 0 Å². The van der Waals surface area contributed by atoms with E-state index in [4.69, 9.17) is 11.6 Å². The summed E-state index contributed by atoms with van der Waals surface area (Å²) in [5.74, 6) is 2.03. The van der Waals surface area contributed by atoms with Gasteiger partial charge in [0.25, 0.3) is 0 Å². The molecule has 2 aromatic rings. The number of rotatable bonds is 3. The Morgan fingerprint density at radius 1 is 1.44 bits per heavy atom. The highest BCUT2D eigenvalue weighted by Gasteiger charge is 2.15. The van der Waals surface area contributed by atoms with E-state index in [1.807, 2.05) is 11.8 Å². The van der Waals surface area contributed by atoms with Crippen molar-refractivity contribution >= 4 is 40.2 Å². The zero-order valence-corrected chi connectivity index (χ0v) is 11.4. The van der Waals surface area contributed by atoms with Crippen LogP contribution in [0.15, 0.2) is 6.20 Å². The molecule has 1 fully saturated rings. The van der Waals surface area contributed by atoms with E-state index in [0.717, 1.165) is 17.7 Å². The molecule has 1 saturated heterocycles. The Hall–Kier alpha value is -1.01. The van der Waals surface area contributed by atoms with Crippen molar-refractivity contribution in [1.29, 1.82) is 0 Å². The van der Waals surface area contributed by atoms with Gasteiger partial charge in [-0.15, -0.1) is 0 Å². The number of hydrogen-bond donors (Lipinski definition) is 2. The molecule has 7 heteroatoms. The lowest BCUT2D eigenvalue weighted by atomic mass is 10.2. The fourth-order valence-corrected chi connectivity index (χ4v) is 3.53. The number of nitrogens with zero attached hydrogens (tertiary/aromatic N) is 3. The van der Waals surface area contributed by atoms with E-state index in [0.29, 0.717) is 10.9 Å². The number of anilines is 1. The maximum Gasteiger partial charge on any atom is 0.226 e. The first-order chi connectivity index (χ1) is 8.83. The van der Waals surface area contributed by atoms with Gasteiger partial charge in [-0.3, -0.25) is 5.10 Å². The lowest BCUT2D eigenvalue weighted by Crippen LogP contribution is -2.20. The molecule has 0 spiro atoms. The zero-order valence-electron chi connectivity index (χ0n) is 9.82. The predicted molar refractivity (Wildman–Crippen MR) is 75.3 cm³/mol. The van der Waals surface area contributed by atoms with Crippen LogP contribution in [0.4, 0.5) is 5.82 Å². The fraction of sp³-hybridized carbons (Fsp3) is 0.545. The normalized spacial score (nSPS) is 20.2. The third-order valence-corrected chi connectivity index (χ3v) is 4.62. The fourth-order valence-electron chi connectivity index (χ4n) is 2.12. The highest BCUT2D eigenvalue weighted by Crippen LogP contribution is 2.26. The number of aromatic nitrogens is 4. The van der Waals surface area contributed by atoms with E-state index >= 15 is 0 Å². The molecule has 18 heavy (non-hydrogen) atoms. The molecule has 0 radical (unpaired) electrons. The van der Waals surface area contributed by atoms with Crippen LogP contribution in [0, 0.1) is 0 Å². The summed E-state index contributed by atoms with van der Waals surface area (Å²) in [4.78, 5) is 8.31. The van der Waals surface area contributed by atoms with E-state index in [-0.39, 0.29) is 5.28 Å². The summed E-state index contributed by atoms with van der Waals surface area (Å²) in [6.45, 7) is 0.915. The Balaban J connectivity index is 1.75. The SMILES string of the molecule is Clc1nc(NCC2CCCCS2)c2cn[nH]c2n1. The van der Waals surface area contributed by atoms with Gasteiger partial charge in [0.15, 0.2) is 5.65 Å². The van der Waals surface area contributed by atoms with Crippen LogP contribution in [-0.4, -0.2) is 37.7 Å². The predicted octanol–water partition coefficient (Wildman–Crippen LogP) is 2.70. The highest BCUT2D eigenvalue weighted by atomic mass is 35.5. The number of H-pyrrole nitrogens is 1. The summed E-state index contributed by atoms with van der Waals surface area (Å²) in [6.07, 6.45) is 5.66. The van der Waals surface area contributed by atoms with Crippen LogP contribution in [0.25, 0.3) is 11.0 Å². The number of fused-ring (bicyclic) bond motifs is 1. The van der Waals surface area contributed by atoms with Gasteiger partial charge in [0.2, 0.25) is 5.28 Å². The number of aromatic amines is 1. The topological polar surface area (TPSA) is 66.5 Å². The minimum absolute atomic E-state index is 0.241. The first kappa shape index (κ1) is 12.0. The van der Waals surface area contributed by atoms with Gasteiger partial charge in [-0.1, -0.05) is 6.42 Å². The van der Waals surface area contributed by atoms with Crippen molar-refractivity contribution in [2.75, 3.05) is 17.6 Å². The lowest BCUT2D eigenvalue weighted by Gasteiger charge is -2.21. The molecule has 1 atom stereocenters. The number of thioether (sulfide) groups is 1. The van der Waals surface area contributed by atoms with Crippen LogP contribution in [0.5, 0.6) is 0 Å². The average Bonchev–Trinajstić information content (AvgIpc) is 2.85. The summed E-state index contributed by atoms with van der Waals surface area (Å²) in [6, 6.07) is 0. The third kappa shape index (κ3) is 2.54. The van der Waals surface area contributed by atoms with Crippen molar-refractivity contribution in [3.05, 3.63) is 11.5 Å². The van der Waals surface area contributed by atoms with E-state index in [2.05, 4.69) is 25.5 Å². The molecule has 0 saturated carbocycles. The van der Waals surface area contributed by atoms with Crippen molar-refractivity contribution in [2.24, 2.45) is 0 Å². The molecule has 1 unspecified atom stereocenters. The summed E-state index contributed by atoms with van der Waals surface area (Å²) in [7, 11) is 0. The smallest absolute Gasteiger partial charge is 0.226 e. The Morgan fingerprint density at radius 2 is 2.39 bits per heavy atom. The molecule has 5 nitrogen and oxygen atoms in total. The maximum absolute atomic E-state index is 5.89. The van der Waals surface area contributed by atoms with Gasteiger partial charge in [-0.2, -0.15) is 26.8 Å². The minimum Gasteiger partial charge on any atom is -0.368 e. The van der Waals surface area contributed by atoms with Gasteiger partial charge in [-0.25, -0.2) is 0 Å². The van der Waals surface area contributed by atoms with Gasteiger partial charge < -0.3 is 5.32 Å². The molecule has 96 valence electrons. The summed E-state index contributed by atoms with van der Waals surface area (Å²) < 4.78 is 0. The van der Waals surface area contributed by atoms with E-state index < -0.39 is 0 Å². The molecule has 0 aliphatic carbocycles. The molecule has 2 N–H and O–H groups in total. The highest BCUT2D eigenvalue weighted by molar-refractivity contribution is 7.99. The second-order valence-corrected chi connectivity index (χ2v) is 6.09. The molecular weight excluding hydrogens is 270 g/mol. The molecule has 0 aromatic carbocycles. The summed E-state index contributed by atoms with van der Waals surface area (Å²) in [5.41, 5.74) is 0.675. The van der Waals surface area contributed by atoms with Crippen LogP contribution >= 0.6 is 23.4 Å². The Kier molecular flexibility index (Phi) is 3.56. The summed E-state index contributed by atoms with van der Waals surface area (Å²) >= 11 is 7.92. The number of halogens is 1. The van der Waals surface area contributed by atoms with Crippen molar-refractivity contribution in [3.8, 4) is 0 Å². The first-order valence-electron chi connectivity index (χ1n) is 6.05. The first-order valence-corrected chi connectivity index (χ1v) is 7.48. The summed E-state index contributed by atoms with van der Waals surface area (Å²) in [5, 5.41) is 11.9. The quantitative estimate of drug-likeness (QED) is 0.848. The van der Waals surface area contributed by atoms with Crippen LogP contribution in [0.3, 0.4) is 0 Å². The molecule has 3 heterocycles. The Labute approximate surface area is 114 Å². The molecule has 3 rings (SSSR count). The standard InChI is InChI=1S/C11H14ClN5S/c12-11-15-9(8-6-14-17-10(8)16-11)13-5-7-3-1-2-4-18-7/h6-7H,1-5H2,(H2,13,14,15,16,17). The molecule has 1 aliphatic heterocycles. The second-order valence-electron chi connectivity index (χ2n) is 4.34. The molecule has 2 aromatic heterocycles. The van der Waals surface area contributed by atoms with Gasteiger partial charge in [-0.05, 0) is 30.2 Å². The van der Waals surface area contributed by atoms with Crippen molar-refractivity contribution in [3.63, 3.8) is 0 Å². The largest absolute Gasteiger partial charge is 0.368 e. The van der Waals surface area contributed by atoms with E-state index in [1.54, 1.807) is 6.20 Å². The third-order valence-electron chi connectivity index (χ3n) is 3.05. The van der Waals surface area contributed by atoms with Gasteiger partial charge in [0, 0.05) is 11.8 Å². The van der Waals surface area contributed by atoms with Gasteiger partial charge in [0.1, 0.15) is 5.82 Å². The van der Waals surface area contributed by atoms with Crippen molar-refractivity contribution in [2.45, 2.75) is 24.5 Å². The molecule has 0 amide bonds. The van der Waals surface area contributed by atoms with Gasteiger partial charge >= 0.3 is 0 Å². The van der Waals surface area contributed by atoms with Crippen molar-refractivity contribution < 1.29 is 0 Å². The van der Waals surface area contributed by atoms with Gasteiger partial charge in [0.05, 0.1) is 11.6 Å². The lowest BCUT2D eigenvalue weighted by molar-refractivity contribution is 0.677. The van der Waals surface area contributed by atoms with Crippen LogP contribution in [0.1, 0.15) is 19.3 Å². The number of nitrogens with one attached hydrogen (secondary N) is 2. The zero-order chi connectivity index (χ0) is 12.4. The van der Waals surface area contributed by atoms with E-state index in [1.165, 1.54) is 25.0 Å².